The Balaban J connectivity index is 1.86. The molecule has 28 heavy (non-hydrogen) atoms. The molecule has 0 aliphatic carbocycles. The van der Waals surface area contributed by atoms with Crippen molar-refractivity contribution in [1.29, 1.82) is 0 Å². The van der Waals surface area contributed by atoms with E-state index < -0.39 is 23.2 Å². The van der Waals surface area contributed by atoms with Gasteiger partial charge in [-0.15, -0.1) is 0 Å². The number of nitrogens with zero attached hydrogens (tertiary/aromatic N) is 1. The summed E-state index contributed by atoms with van der Waals surface area (Å²) in [6, 6.07) is 3.54. The van der Waals surface area contributed by atoms with Gasteiger partial charge < -0.3 is 5.32 Å². The Hall–Kier alpha value is -1.93. The zero-order valence-electron chi connectivity index (χ0n) is 16.1. The molecule has 3 aliphatic rings. The van der Waals surface area contributed by atoms with Gasteiger partial charge in [0.1, 0.15) is 11.4 Å². The summed E-state index contributed by atoms with van der Waals surface area (Å²) in [4.78, 5) is 41.1. The zero-order chi connectivity index (χ0) is 20.2. The molecule has 1 aromatic carbocycles. The van der Waals surface area contributed by atoms with Gasteiger partial charge in [0, 0.05) is 23.3 Å². The summed E-state index contributed by atoms with van der Waals surface area (Å²) in [5.41, 5.74) is -0.489. The van der Waals surface area contributed by atoms with Gasteiger partial charge in [-0.1, -0.05) is 6.92 Å². The lowest BCUT2D eigenvalue weighted by Crippen LogP contribution is -2.54. The Morgan fingerprint density at radius 2 is 2.04 bits per heavy atom. The minimum absolute atomic E-state index is 0.225. The van der Waals surface area contributed by atoms with Crippen LogP contribution in [0, 0.1) is 17.7 Å². The van der Waals surface area contributed by atoms with Crippen molar-refractivity contribution < 1.29 is 18.8 Å². The van der Waals surface area contributed by atoms with Crippen LogP contribution < -0.4 is 10.6 Å². The summed E-state index contributed by atoms with van der Waals surface area (Å²) in [6.45, 7) is 3.77. The first-order chi connectivity index (χ1) is 13.4. The van der Waals surface area contributed by atoms with E-state index in [2.05, 4.69) is 10.6 Å². The van der Waals surface area contributed by atoms with Crippen molar-refractivity contribution in [3.8, 4) is 0 Å². The number of likely N-dealkylation sites (tertiary alicyclic amines) is 1. The molecule has 0 saturated carbocycles. The molecule has 3 aliphatic heterocycles. The third kappa shape index (κ3) is 2.47. The highest BCUT2D eigenvalue weighted by Crippen LogP contribution is 2.53. The number of carbonyl (C=O) groups excluding carboxylic acids is 3. The molecule has 150 valence electrons. The maximum absolute atomic E-state index is 14.1. The molecule has 3 amide bonds. The number of carbonyl (C=O) groups is 3. The maximum Gasteiger partial charge on any atom is 0.250 e. The number of amides is 3. The summed E-state index contributed by atoms with van der Waals surface area (Å²) in [6.07, 6.45) is 3.27. The summed E-state index contributed by atoms with van der Waals surface area (Å²) in [7, 11) is 0. The predicted molar refractivity (Wildman–Crippen MR) is 105 cm³/mol. The number of fused-ring (bicyclic) bond motifs is 4. The van der Waals surface area contributed by atoms with Gasteiger partial charge in [0.05, 0.1) is 11.8 Å². The predicted octanol–water partition coefficient (Wildman–Crippen LogP) is 2.10. The Kier molecular flexibility index (Phi) is 4.74. The van der Waals surface area contributed by atoms with E-state index in [1.54, 1.807) is 11.8 Å². The van der Waals surface area contributed by atoms with Crippen molar-refractivity contribution >= 4 is 35.2 Å². The average molecular weight is 405 g/mol. The van der Waals surface area contributed by atoms with Gasteiger partial charge >= 0.3 is 0 Å². The fourth-order valence-electron chi connectivity index (χ4n) is 4.91. The van der Waals surface area contributed by atoms with Crippen LogP contribution in [0.25, 0.3) is 0 Å². The van der Waals surface area contributed by atoms with E-state index in [-0.39, 0.29) is 29.8 Å². The van der Waals surface area contributed by atoms with Crippen LogP contribution in [0.4, 0.5) is 10.1 Å². The first-order valence-electron chi connectivity index (χ1n) is 9.61. The van der Waals surface area contributed by atoms with Crippen molar-refractivity contribution in [2.75, 3.05) is 17.3 Å². The average Bonchev–Trinajstić information content (AvgIpc) is 3.25. The van der Waals surface area contributed by atoms with Gasteiger partial charge in [-0.05, 0) is 50.0 Å². The smallest absolute Gasteiger partial charge is 0.250 e. The number of imide groups is 1. The molecule has 2 saturated heterocycles. The van der Waals surface area contributed by atoms with Crippen LogP contribution >= 0.6 is 11.8 Å². The quantitative estimate of drug-likeness (QED) is 0.734. The lowest BCUT2D eigenvalue weighted by atomic mass is 9.76. The van der Waals surface area contributed by atoms with E-state index in [4.69, 9.17) is 0 Å². The topological polar surface area (TPSA) is 78.5 Å². The number of benzene rings is 1. The maximum atomic E-state index is 14.1. The number of anilines is 1. The first-order valence-corrected chi connectivity index (χ1v) is 11.0. The van der Waals surface area contributed by atoms with E-state index in [0.717, 1.165) is 5.75 Å². The van der Waals surface area contributed by atoms with Gasteiger partial charge in [-0.2, -0.15) is 11.8 Å². The lowest BCUT2D eigenvalue weighted by Gasteiger charge is -2.31. The number of hydrogen-bond acceptors (Lipinski definition) is 5. The van der Waals surface area contributed by atoms with E-state index in [1.807, 2.05) is 20.1 Å². The molecule has 0 unspecified atom stereocenters. The number of halogens is 1. The largest absolute Gasteiger partial charge is 0.324 e. The standard InChI is InChI=1S/C20H24FN3O3S/c1-4-10(2)24-17(25)15-14(7-8-28-3)23-20(16(15)18(24)26)12-9-11(21)5-6-13(12)22-19(20)27/h5-6,9-10,14-16,23H,4,7-8H2,1-3H3,(H,22,27)/t10-,14-,15-,16-,20+/m0/s1. The fraction of sp³-hybridized carbons (Fsp3) is 0.550. The van der Waals surface area contributed by atoms with Gasteiger partial charge in [0.15, 0.2) is 0 Å². The molecule has 2 fully saturated rings. The Bertz CT molecular complexity index is 863. The molecule has 0 bridgehead atoms. The van der Waals surface area contributed by atoms with Crippen LogP contribution in [-0.4, -0.2) is 46.7 Å². The lowest BCUT2D eigenvalue weighted by molar-refractivity contribution is -0.145. The fourth-order valence-corrected chi connectivity index (χ4v) is 5.40. The number of thioether (sulfide) groups is 1. The van der Waals surface area contributed by atoms with Crippen LogP contribution in [0.5, 0.6) is 0 Å². The van der Waals surface area contributed by atoms with Crippen molar-refractivity contribution in [2.45, 2.75) is 44.3 Å². The summed E-state index contributed by atoms with van der Waals surface area (Å²) >= 11 is 1.65. The van der Waals surface area contributed by atoms with Gasteiger partial charge in [-0.25, -0.2) is 4.39 Å². The van der Waals surface area contributed by atoms with Crippen LogP contribution in [0.15, 0.2) is 18.2 Å². The molecule has 0 radical (unpaired) electrons. The van der Waals surface area contributed by atoms with E-state index in [1.165, 1.54) is 23.1 Å². The van der Waals surface area contributed by atoms with E-state index in [9.17, 15) is 18.8 Å². The molecule has 1 aromatic rings. The minimum atomic E-state index is -1.40. The second-order valence-electron chi connectivity index (χ2n) is 7.79. The number of hydrogen-bond donors (Lipinski definition) is 2. The molecule has 8 heteroatoms. The molecule has 0 aromatic heterocycles. The van der Waals surface area contributed by atoms with Crippen LogP contribution in [0.1, 0.15) is 32.3 Å². The summed E-state index contributed by atoms with van der Waals surface area (Å²) < 4.78 is 14.1. The van der Waals surface area contributed by atoms with E-state index >= 15 is 0 Å². The SMILES string of the molecule is CC[C@H](C)N1C(=O)[C@H]2[C@H](CCSC)N[C@@]3(C(=O)Nc4ccc(F)cc43)[C@@H]2C1=O. The molecular weight excluding hydrogens is 381 g/mol. The Morgan fingerprint density at radius 3 is 2.71 bits per heavy atom. The molecule has 2 N–H and O–H groups in total. The van der Waals surface area contributed by atoms with Gasteiger partial charge in [-0.3, -0.25) is 24.6 Å². The normalized spacial score (nSPS) is 32.1. The monoisotopic (exact) mass is 405 g/mol. The second-order valence-corrected chi connectivity index (χ2v) is 8.78. The van der Waals surface area contributed by atoms with Crippen molar-refractivity contribution in [1.82, 2.24) is 10.2 Å². The number of rotatable bonds is 5. The second kappa shape index (κ2) is 6.84. The Labute approximate surface area is 167 Å². The Morgan fingerprint density at radius 1 is 1.29 bits per heavy atom. The van der Waals surface area contributed by atoms with Gasteiger partial charge in [0.25, 0.3) is 0 Å². The van der Waals surface area contributed by atoms with Crippen LogP contribution in [0.2, 0.25) is 0 Å². The third-order valence-electron chi connectivity index (χ3n) is 6.38. The molecule has 5 atom stereocenters. The number of nitrogens with one attached hydrogen (secondary N) is 2. The van der Waals surface area contributed by atoms with Gasteiger partial charge in [0.2, 0.25) is 17.7 Å². The molecule has 3 heterocycles. The molecule has 4 rings (SSSR count). The summed E-state index contributed by atoms with van der Waals surface area (Å²) in [5, 5.41) is 6.10. The first kappa shape index (κ1) is 19.4. The summed E-state index contributed by atoms with van der Waals surface area (Å²) in [5.74, 6) is -2.11. The third-order valence-corrected chi connectivity index (χ3v) is 7.02. The van der Waals surface area contributed by atoms with E-state index in [0.29, 0.717) is 24.1 Å². The highest BCUT2D eigenvalue weighted by molar-refractivity contribution is 7.98. The minimum Gasteiger partial charge on any atom is -0.324 e. The van der Waals surface area contributed by atoms with Crippen LogP contribution in [-0.2, 0) is 19.9 Å². The molecular formula is C20H24FN3O3S. The molecule has 1 spiro atoms. The van der Waals surface area contributed by atoms with Crippen molar-refractivity contribution in [3.63, 3.8) is 0 Å². The zero-order valence-corrected chi connectivity index (χ0v) is 16.9. The van der Waals surface area contributed by atoms with Crippen LogP contribution in [0.3, 0.4) is 0 Å². The van der Waals surface area contributed by atoms with Crippen molar-refractivity contribution in [3.05, 3.63) is 29.6 Å². The highest BCUT2D eigenvalue weighted by atomic mass is 32.2. The molecule has 6 nitrogen and oxygen atoms in total. The van der Waals surface area contributed by atoms with Crippen molar-refractivity contribution in [2.24, 2.45) is 11.8 Å². The highest BCUT2D eigenvalue weighted by Gasteiger charge is 2.70.